The van der Waals surface area contributed by atoms with E-state index in [2.05, 4.69) is 23.1 Å². The first kappa shape index (κ1) is 14.9. The summed E-state index contributed by atoms with van der Waals surface area (Å²) in [5, 5.41) is 3.67. The molecule has 1 aliphatic heterocycles. The molecule has 0 aromatic carbocycles. The lowest BCUT2D eigenvalue weighted by atomic mass is 10.1. The number of terminal acetylenes is 1. The molecule has 1 unspecified atom stereocenters. The van der Waals surface area contributed by atoms with E-state index in [1.54, 1.807) is 0 Å². The van der Waals surface area contributed by atoms with Crippen LogP contribution < -0.4 is 5.32 Å². The van der Waals surface area contributed by atoms with Crippen molar-refractivity contribution >= 4 is 11.8 Å². The monoisotopic (exact) mass is 254 g/mol. The highest BCUT2D eigenvalue weighted by Gasteiger charge is 2.15. The predicted octanol–water partition coefficient (Wildman–Crippen LogP) is 2.21. The van der Waals surface area contributed by atoms with Crippen LogP contribution in [0.4, 0.5) is 0 Å². The van der Waals surface area contributed by atoms with Gasteiger partial charge in [0.05, 0.1) is 5.75 Å². The zero-order chi connectivity index (χ0) is 12.3. The molecular formula is C14H26N2S. The lowest BCUT2D eigenvalue weighted by molar-refractivity contribution is 0.283. The van der Waals surface area contributed by atoms with Crippen LogP contribution in [0.1, 0.15) is 32.6 Å². The summed E-state index contributed by atoms with van der Waals surface area (Å²) in [7, 11) is 0. The highest BCUT2D eigenvalue weighted by Crippen LogP contribution is 2.11. The third-order valence-corrected chi connectivity index (χ3v) is 4.09. The summed E-state index contributed by atoms with van der Waals surface area (Å²) in [4.78, 5) is 2.61. The van der Waals surface area contributed by atoms with Crippen molar-refractivity contribution in [2.45, 2.75) is 38.6 Å². The number of likely N-dealkylation sites (tertiary alicyclic amines) is 1. The summed E-state index contributed by atoms with van der Waals surface area (Å²) >= 11 is 1.85. The fraction of sp³-hybridized carbons (Fsp3) is 0.857. The Balaban J connectivity index is 2.08. The quantitative estimate of drug-likeness (QED) is 0.554. The Morgan fingerprint density at radius 3 is 3.06 bits per heavy atom. The molecule has 1 saturated heterocycles. The minimum atomic E-state index is 0.725. The van der Waals surface area contributed by atoms with Crippen LogP contribution >= 0.6 is 11.8 Å². The third-order valence-electron chi connectivity index (χ3n) is 3.23. The molecule has 0 radical (unpaired) electrons. The molecule has 0 aromatic rings. The fourth-order valence-electron chi connectivity index (χ4n) is 2.37. The molecule has 3 heteroatoms. The van der Waals surface area contributed by atoms with Crippen LogP contribution in [0.25, 0.3) is 0 Å². The second-order valence-corrected chi connectivity index (χ2v) is 5.79. The van der Waals surface area contributed by atoms with Crippen molar-refractivity contribution in [2.24, 2.45) is 0 Å². The molecule has 1 heterocycles. The SMILES string of the molecule is C#CCSCCNC1CCCN(CCC)CC1. The smallest absolute Gasteiger partial charge is 0.0545 e. The minimum Gasteiger partial charge on any atom is -0.313 e. The van der Waals surface area contributed by atoms with Crippen LogP contribution in [0.15, 0.2) is 0 Å². The number of hydrogen-bond donors (Lipinski definition) is 1. The van der Waals surface area contributed by atoms with Gasteiger partial charge in [0.1, 0.15) is 0 Å². The summed E-state index contributed by atoms with van der Waals surface area (Å²) in [6, 6.07) is 0.725. The average molecular weight is 254 g/mol. The first-order valence-corrected chi connectivity index (χ1v) is 7.99. The molecule has 0 saturated carbocycles. The predicted molar refractivity (Wildman–Crippen MR) is 78.5 cm³/mol. The van der Waals surface area contributed by atoms with Crippen molar-refractivity contribution in [1.82, 2.24) is 10.2 Å². The maximum Gasteiger partial charge on any atom is 0.0545 e. The van der Waals surface area contributed by atoms with Gasteiger partial charge in [-0.3, -0.25) is 0 Å². The van der Waals surface area contributed by atoms with E-state index in [1.165, 1.54) is 45.3 Å². The van der Waals surface area contributed by atoms with E-state index >= 15 is 0 Å². The number of nitrogens with one attached hydrogen (secondary N) is 1. The second-order valence-electron chi connectivity index (χ2n) is 4.68. The maximum absolute atomic E-state index is 5.22. The van der Waals surface area contributed by atoms with Gasteiger partial charge in [-0.1, -0.05) is 12.8 Å². The van der Waals surface area contributed by atoms with Crippen LogP contribution in [0.3, 0.4) is 0 Å². The van der Waals surface area contributed by atoms with Crippen molar-refractivity contribution in [1.29, 1.82) is 0 Å². The second kappa shape index (κ2) is 9.82. The van der Waals surface area contributed by atoms with E-state index in [9.17, 15) is 0 Å². The Morgan fingerprint density at radius 2 is 2.29 bits per heavy atom. The Labute approximate surface area is 111 Å². The van der Waals surface area contributed by atoms with Gasteiger partial charge in [-0.15, -0.1) is 18.2 Å². The molecule has 17 heavy (non-hydrogen) atoms. The van der Waals surface area contributed by atoms with Gasteiger partial charge in [0, 0.05) is 18.3 Å². The standard InChI is InChI=1S/C14H26N2S/c1-3-9-16-10-5-6-14(7-11-16)15-8-13-17-12-4-2/h2,14-15H,3,5-13H2,1H3. The van der Waals surface area contributed by atoms with Gasteiger partial charge < -0.3 is 10.2 Å². The molecule has 1 fully saturated rings. The maximum atomic E-state index is 5.22. The van der Waals surface area contributed by atoms with Gasteiger partial charge in [-0.25, -0.2) is 0 Å². The molecule has 1 aliphatic rings. The zero-order valence-electron chi connectivity index (χ0n) is 11.1. The number of rotatable bonds is 7. The summed E-state index contributed by atoms with van der Waals surface area (Å²) in [5.41, 5.74) is 0. The lowest BCUT2D eigenvalue weighted by Crippen LogP contribution is -2.32. The summed E-state index contributed by atoms with van der Waals surface area (Å²) in [6.45, 7) is 7.19. The van der Waals surface area contributed by atoms with Crippen LogP contribution in [0.2, 0.25) is 0 Å². The van der Waals surface area contributed by atoms with E-state index in [-0.39, 0.29) is 0 Å². The van der Waals surface area contributed by atoms with Gasteiger partial charge in [0.2, 0.25) is 0 Å². The Kier molecular flexibility index (Phi) is 8.60. The first-order valence-electron chi connectivity index (χ1n) is 6.83. The average Bonchev–Trinajstić information content (AvgIpc) is 2.55. The molecule has 98 valence electrons. The number of thioether (sulfide) groups is 1. The zero-order valence-corrected chi connectivity index (χ0v) is 11.9. The first-order chi connectivity index (χ1) is 8.36. The molecule has 0 bridgehead atoms. The van der Waals surface area contributed by atoms with E-state index in [1.807, 2.05) is 11.8 Å². The van der Waals surface area contributed by atoms with Gasteiger partial charge in [-0.05, 0) is 45.3 Å². The molecule has 0 amide bonds. The Hall–Kier alpha value is -0.170. The molecule has 1 rings (SSSR count). The van der Waals surface area contributed by atoms with Crippen LogP contribution in [0, 0.1) is 12.3 Å². The molecule has 0 aromatic heterocycles. The number of hydrogen-bond acceptors (Lipinski definition) is 3. The largest absolute Gasteiger partial charge is 0.313 e. The van der Waals surface area contributed by atoms with Crippen molar-refractivity contribution in [3.05, 3.63) is 0 Å². The van der Waals surface area contributed by atoms with Crippen LogP contribution in [-0.2, 0) is 0 Å². The normalized spacial score (nSPS) is 22.0. The highest BCUT2D eigenvalue weighted by atomic mass is 32.2. The van der Waals surface area contributed by atoms with Crippen molar-refractivity contribution < 1.29 is 0 Å². The van der Waals surface area contributed by atoms with E-state index in [4.69, 9.17) is 6.42 Å². The summed E-state index contributed by atoms with van der Waals surface area (Å²) in [5.74, 6) is 4.65. The van der Waals surface area contributed by atoms with Crippen molar-refractivity contribution in [2.75, 3.05) is 37.7 Å². The van der Waals surface area contributed by atoms with E-state index in [0.29, 0.717) is 0 Å². The lowest BCUT2D eigenvalue weighted by Gasteiger charge is -2.19. The van der Waals surface area contributed by atoms with Gasteiger partial charge >= 0.3 is 0 Å². The Morgan fingerprint density at radius 1 is 1.41 bits per heavy atom. The Bertz CT molecular complexity index is 225. The van der Waals surface area contributed by atoms with Gasteiger partial charge in [0.15, 0.2) is 0 Å². The van der Waals surface area contributed by atoms with Crippen LogP contribution in [-0.4, -0.2) is 48.6 Å². The highest BCUT2D eigenvalue weighted by molar-refractivity contribution is 7.99. The van der Waals surface area contributed by atoms with E-state index < -0.39 is 0 Å². The summed E-state index contributed by atoms with van der Waals surface area (Å²) in [6.07, 6.45) is 10.5. The fourth-order valence-corrected chi connectivity index (χ4v) is 2.89. The van der Waals surface area contributed by atoms with Crippen LogP contribution in [0.5, 0.6) is 0 Å². The van der Waals surface area contributed by atoms with Crippen molar-refractivity contribution in [3.8, 4) is 12.3 Å². The molecular weight excluding hydrogens is 228 g/mol. The van der Waals surface area contributed by atoms with Gasteiger partial charge in [0.25, 0.3) is 0 Å². The summed E-state index contributed by atoms with van der Waals surface area (Å²) < 4.78 is 0. The van der Waals surface area contributed by atoms with E-state index in [0.717, 1.165) is 24.1 Å². The van der Waals surface area contributed by atoms with Gasteiger partial charge in [-0.2, -0.15) is 0 Å². The minimum absolute atomic E-state index is 0.725. The number of nitrogens with zero attached hydrogens (tertiary/aromatic N) is 1. The molecule has 1 atom stereocenters. The topological polar surface area (TPSA) is 15.3 Å². The third kappa shape index (κ3) is 6.98. The molecule has 1 N–H and O–H groups in total. The molecule has 2 nitrogen and oxygen atoms in total. The van der Waals surface area contributed by atoms with Crippen molar-refractivity contribution in [3.63, 3.8) is 0 Å². The molecule has 0 spiro atoms. The molecule has 0 aliphatic carbocycles.